The maximum Gasteiger partial charge on any atom is 0.111 e. The highest BCUT2D eigenvalue weighted by molar-refractivity contribution is 4.91. The van der Waals surface area contributed by atoms with E-state index in [1.54, 1.807) is 0 Å². The van der Waals surface area contributed by atoms with Crippen molar-refractivity contribution in [2.24, 2.45) is 5.73 Å². The van der Waals surface area contributed by atoms with Gasteiger partial charge < -0.3 is 30.9 Å². The van der Waals surface area contributed by atoms with Gasteiger partial charge in [-0.2, -0.15) is 0 Å². The van der Waals surface area contributed by atoms with Crippen LogP contribution >= 0.6 is 0 Å². The summed E-state index contributed by atoms with van der Waals surface area (Å²) < 4.78 is 5.33. The molecule has 0 saturated carbocycles. The highest BCUT2D eigenvalue weighted by Crippen LogP contribution is 2.24. The monoisotopic (exact) mass is 235 g/mol. The minimum atomic E-state index is -1.27. The summed E-state index contributed by atoms with van der Waals surface area (Å²) in [5, 5.41) is 37.7. The van der Waals surface area contributed by atoms with Crippen LogP contribution in [0.15, 0.2) is 0 Å². The molecule has 0 aromatic rings. The Morgan fingerprint density at radius 3 is 2.12 bits per heavy atom. The third-order valence-electron chi connectivity index (χ3n) is 2.93. The fourth-order valence-corrected chi connectivity index (χ4v) is 1.91. The summed E-state index contributed by atoms with van der Waals surface area (Å²) >= 11 is 0. The molecule has 1 saturated heterocycles. The smallest absolute Gasteiger partial charge is 0.111 e. The zero-order valence-electron chi connectivity index (χ0n) is 9.20. The van der Waals surface area contributed by atoms with Crippen molar-refractivity contribution >= 4 is 0 Å². The molecule has 0 aromatic carbocycles. The Kier molecular flexibility index (Phi) is 5.60. The maximum atomic E-state index is 9.67. The Hall–Kier alpha value is -0.240. The van der Waals surface area contributed by atoms with Gasteiger partial charge in [0.1, 0.15) is 24.4 Å². The van der Waals surface area contributed by atoms with E-state index >= 15 is 0 Å². The molecule has 6 N–H and O–H groups in total. The molecule has 1 rings (SSSR count). The molecule has 96 valence electrons. The molecule has 0 amide bonds. The number of hydrogen-bond acceptors (Lipinski definition) is 6. The van der Waals surface area contributed by atoms with Crippen molar-refractivity contribution < 1.29 is 25.2 Å². The number of ether oxygens (including phenoxy) is 1. The first-order valence-electron chi connectivity index (χ1n) is 5.62. The molecular formula is C10H21NO5. The molecule has 0 aliphatic carbocycles. The van der Waals surface area contributed by atoms with Crippen LogP contribution in [0.25, 0.3) is 0 Å². The minimum absolute atomic E-state index is 0.377. The van der Waals surface area contributed by atoms with E-state index in [1.807, 2.05) is 0 Å². The first kappa shape index (κ1) is 13.8. The van der Waals surface area contributed by atoms with E-state index < -0.39 is 30.5 Å². The second-order valence-electron chi connectivity index (χ2n) is 4.15. The quantitative estimate of drug-likeness (QED) is 0.350. The van der Waals surface area contributed by atoms with Crippen molar-refractivity contribution in [3.63, 3.8) is 0 Å². The Bertz CT molecular complexity index is 202. The molecule has 1 heterocycles. The van der Waals surface area contributed by atoms with E-state index in [0.29, 0.717) is 13.0 Å². The van der Waals surface area contributed by atoms with Crippen LogP contribution in [0.3, 0.4) is 0 Å². The van der Waals surface area contributed by atoms with Crippen LogP contribution in [-0.2, 0) is 4.74 Å². The maximum absolute atomic E-state index is 9.67. The summed E-state index contributed by atoms with van der Waals surface area (Å²) in [5.74, 6) is 0. The van der Waals surface area contributed by atoms with Gasteiger partial charge >= 0.3 is 0 Å². The summed E-state index contributed by atoms with van der Waals surface area (Å²) in [4.78, 5) is 0. The molecule has 0 aromatic heterocycles. The molecule has 1 aliphatic rings. The van der Waals surface area contributed by atoms with Gasteiger partial charge in [0, 0.05) is 0 Å². The van der Waals surface area contributed by atoms with E-state index in [4.69, 9.17) is 15.6 Å². The minimum Gasteiger partial charge on any atom is -0.394 e. The van der Waals surface area contributed by atoms with Gasteiger partial charge in [-0.3, -0.25) is 0 Å². The van der Waals surface area contributed by atoms with Crippen molar-refractivity contribution in [2.45, 2.75) is 49.8 Å². The van der Waals surface area contributed by atoms with Crippen LogP contribution in [-0.4, -0.2) is 64.1 Å². The van der Waals surface area contributed by atoms with Gasteiger partial charge in [-0.1, -0.05) is 0 Å². The zero-order chi connectivity index (χ0) is 12.1. The molecule has 0 unspecified atom stereocenters. The molecule has 1 fully saturated rings. The van der Waals surface area contributed by atoms with Gasteiger partial charge in [-0.25, -0.2) is 0 Å². The highest BCUT2D eigenvalue weighted by atomic mass is 16.5. The first-order valence-corrected chi connectivity index (χ1v) is 5.62. The topological polar surface area (TPSA) is 116 Å². The highest BCUT2D eigenvalue weighted by Gasteiger charge is 2.42. The van der Waals surface area contributed by atoms with E-state index in [2.05, 4.69) is 0 Å². The normalized spacial score (nSPS) is 39.9. The summed E-state index contributed by atoms with van der Waals surface area (Å²) in [7, 11) is 0. The van der Waals surface area contributed by atoms with E-state index in [1.165, 1.54) is 0 Å². The summed E-state index contributed by atoms with van der Waals surface area (Å²) in [5.41, 5.74) is 5.35. The molecule has 6 nitrogen and oxygen atoms in total. The zero-order valence-corrected chi connectivity index (χ0v) is 9.20. The van der Waals surface area contributed by atoms with Gasteiger partial charge in [0.2, 0.25) is 0 Å². The van der Waals surface area contributed by atoms with Crippen LogP contribution < -0.4 is 5.73 Å². The van der Waals surface area contributed by atoms with Crippen LogP contribution in [0.1, 0.15) is 19.3 Å². The van der Waals surface area contributed by atoms with E-state index in [0.717, 1.165) is 12.8 Å². The lowest BCUT2D eigenvalue weighted by atomic mass is 9.92. The summed E-state index contributed by atoms with van der Waals surface area (Å²) in [6.07, 6.45) is -2.87. The molecule has 1 aliphatic heterocycles. The molecule has 0 spiro atoms. The average Bonchev–Trinajstić information content (AvgIpc) is 2.29. The third-order valence-corrected chi connectivity index (χ3v) is 2.93. The van der Waals surface area contributed by atoms with Crippen LogP contribution in [0.5, 0.6) is 0 Å². The van der Waals surface area contributed by atoms with Crippen molar-refractivity contribution in [2.75, 3.05) is 13.2 Å². The number of nitrogens with two attached hydrogens (primary N) is 1. The van der Waals surface area contributed by atoms with Gasteiger partial charge in [-0.05, 0) is 25.8 Å². The summed E-state index contributed by atoms with van der Waals surface area (Å²) in [6, 6.07) is 0. The lowest BCUT2D eigenvalue weighted by Crippen LogP contribution is -2.58. The number of unbranched alkanes of at least 4 members (excludes halogenated alkanes) is 1. The first-order chi connectivity index (χ1) is 7.61. The molecule has 6 heteroatoms. The standard InChI is InChI=1S/C10H21NO5/c11-4-2-1-3-6-8(13)10(15)9(14)7(5-12)16-6/h6-10,12-15H,1-5,11H2/t6-,7+,8-,9+,10+/m0/s1. The molecule has 0 radical (unpaired) electrons. The fraction of sp³-hybridized carbons (Fsp3) is 1.00. The fourth-order valence-electron chi connectivity index (χ4n) is 1.91. The molecule has 0 bridgehead atoms. The van der Waals surface area contributed by atoms with Crippen LogP contribution in [0.4, 0.5) is 0 Å². The van der Waals surface area contributed by atoms with Gasteiger partial charge in [-0.15, -0.1) is 0 Å². The van der Waals surface area contributed by atoms with E-state index in [-0.39, 0.29) is 6.61 Å². The van der Waals surface area contributed by atoms with Crippen LogP contribution in [0.2, 0.25) is 0 Å². The van der Waals surface area contributed by atoms with Gasteiger partial charge in [0.25, 0.3) is 0 Å². The van der Waals surface area contributed by atoms with Gasteiger partial charge in [0.05, 0.1) is 12.7 Å². The molecule has 16 heavy (non-hydrogen) atoms. The predicted octanol–water partition coefficient (Wildman–Crippen LogP) is -2.04. The Morgan fingerprint density at radius 2 is 1.56 bits per heavy atom. The number of rotatable bonds is 5. The molecule has 5 atom stereocenters. The average molecular weight is 235 g/mol. The Morgan fingerprint density at radius 1 is 0.938 bits per heavy atom. The predicted molar refractivity (Wildman–Crippen MR) is 56.7 cm³/mol. The van der Waals surface area contributed by atoms with Crippen molar-refractivity contribution in [1.82, 2.24) is 0 Å². The largest absolute Gasteiger partial charge is 0.394 e. The molecular weight excluding hydrogens is 214 g/mol. The lowest BCUT2D eigenvalue weighted by molar-refractivity contribution is -0.230. The summed E-state index contributed by atoms with van der Waals surface area (Å²) in [6.45, 7) is 0.190. The third kappa shape index (κ3) is 3.13. The number of hydrogen-bond donors (Lipinski definition) is 5. The van der Waals surface area contributed by atoms with Crippen molar-refractivity contribution in [3.05, 3.63) is 0 Å². The second-order valence-corrected chi connectivity index (χ2v) is 4.15. The van der Waals surface area contributed by atoms with Crippen molar-refractivity contribution in [1.29, 1.82) is 0 Å². The SMILES string of the molecule is NCCCC[C@@H]1O[C@H](CO)[C@@H](O)[C@H](O)[C@H]1O. The second kappa shape index (κ2) is 6.48. The number of aliphatic hydroxyl groups excluding tert-OH is 4. The Labute approximate surface area is 94.6 Å². The van der Waals surface area contributed by atoms with E-state index in [9.17, 15) is 15.3 Å². The Balaban J connectivity index is 2.50. The van der Waals surface area contributed by atoms with Crippen molar-refractivity contribution in [3.8, 4) is 0 Å². The van der Waals surface area contributed by atoms with Crippen LogP contribution in [0, 0.1) is 0 Å². The van der Waals surface area contributed by atoms with Gasteiger partial charge in [0.15, 0.2) is 0 Å². The lowest BCUT2D eigenvalue weighted by Gasteiger charge is -2.40. The number of aliphatic hydroxyl groups is 4.